The van der Waals surface area contributed by atoms with Gasteiger partial charge >= 0.3 is 12.1 Å². The highest BCUT2D eigenvalue weighted by Crippen LogP contribution is 2.34. The Morgan fingerprint density at radius 2 is 1.81 bits per heavy atom. The molecule has 2 aliphatic rings. The second-order valence-electron chi connectivity index (χ2n) is 8.43. The third-order valence-electron chi connectivity index (χ3n) is 4.76. The molecule has 0 aromatic heterocycles. The van der Waals surface area contributed by atoms with Crippen LogP contribution < -0.4 is 5.32 Å². The molecule has 8 heteroatoms. The molecule has 154 valence electrons. The van der Waals surface area contributed by atoms with E-state index in [0.29, 0.717) is 25.7 Å². The van der Waals surface area contributed by atoms with E-state index in [0.717, 1.165) is 0 Å². The molecule has 2 heterocycles. The van der Waals surface area contributed by atoms with E-state index in [9.17, 15) is 14.4 Å². The fourth-order valence-corrected chi connectivity index (χ4v) is 3.81. The van der Waals surface area contributed by atoms with Gasteiger partial charge in [0.1, 0.15) is 17.7 Å². The largest absolute Gasteiger partial charge is 0.467 e. The number of fused-ring (bicyclic) bond motifs is 1. The average Bonchev–Trinajstić information content (AvgIpc) is 2.94. The highest BCUT2D eigenvalue weighted by atomic mass is 16.6. The van der Waals surface area contributed by atoms with Crippen LogP contribution >= 0.6 is 0 Å². The maximum atomic E-state index is 13.2. The molecule has 0 bridgehead atoms. The number of alkyl carbamates (subject to hydrolysis) is 1. The minimum absolute atomic E-state index is 0.000469. The summed E-state index contributed by atoms with van der Waals surface area (Å²) in [4.78, 5) is 39.1. The lowest BCUT2D eigenvalue weighted by Crippen LogP contribution is -2.54. The number of amides is 2. The summed E-state index contributed by atoms with van der Waals surface area (Å²) in [6, 6.07) is -1.60. The summed E-state index contributed by atoms with van der Waals surface area (Å²) in [6.07, 6.45) is 1.40. The summed E-state index contributed by atoms with van der Waals surface area (Å²) < 4.78 is 16.2. The number of ether oxygens (including phenoxy) is 3. The summed E-state index contributed by atoms with van der Waals surface area (Å²) in [5.74, 6) is -0.722. The quantitative estimate of drug-likeness (QED) is 0.745. The van der Waals surface area contributed by atoms with Gasteiger partial charge in [0.2, 0.25) is 5.91 Å². The van der Waals surface area contributed by atoms with E-state index in [1.165, 1.54) is 7.11 Å². The van der Waals surface area contributed by atoms with Crippen LogP contribution in [0.1, 0.15) is 60.3 Å². The number of nitrogens with one attached hydrogen (secondary N) is 1. The van der Waals surface area contributed by atoms with Crippen LogP contribution in [0.5, 0.6) is 0 Å². The minimum Gasteiger partial charge on any atom is -0.467 e. The Labute approximate surface area is 160 Å². The Morgan fingerprint density at radius 3 is 2.37 bits per heavy atom. The summed E-state index contributed by atoms with van der Waals surface area (Å²) >= 11 is 0. The van der Waals surface area contributed by atoms with Crippen molar-refractivity contribution in [3.8, 4) is 0 Å². The lowest BCUT2D eigenvalue weighted by atomic mass is 10.0. The number of methoxy groups -OCH3 is 1. The van der Waals surface area contributed by atoms with Crippen molar-refractivity contribution in [3.05, 3.63) is 0 Å². The number of carbonyl (C=O) groups is 3. The Balaban J connectivity index is 2.23. The van der Waals surface area contributed by atoms with Crippen LogP contribution in [0.2, 0.25) is 0 Å². The van der Waals surface area contributed by atoms with Gasteiger partial charge in [-0.3, -0.25) is 4.79 Å². The maximum absolute atomic E-state index is 13.2. The van der Waals surface area contributed by atoms with E-state index < -0.39 is 29.7 Å². The van der Waals surface area contributed by atoms with Gasteiger partial charge in [-0.1, -0.05) is 0 Å². The first kappa shape index (κ1) is 21.5. The van der Waals surface area contributed by atoms with E-state index in [1.54, 1.807) is 25.7 Å². The normalized spacial score (nSPS) is 28.6. The van der Waals surface area contributed by atoms with Crippen molar-refractivity contribution >= 4 is 18.0 Å². The molecule has 0 aliphatic carbocycles. The third kappa shape index (κ3) is 5.34. The van der Waals surface area contributed by atoms with E-state index in [4.69, 9.17) is 14.2 Å². The Hall–Kier alpha value is -1.83. The highest BCUT2D eigenvalue weighted by Gasteiger charge is 2.49. The first-order chi connectivity index (χ1) is 12.5. The molecule has 0 aromatic carbocycles. The van der Waals surface area contributed by atoms with Crippen molar-refractivity contribution < 1.29 is 28.6 Å². The van der Waals surface area contributed by atoms with E-state index in [-0.39, 0.29) is 24.2 Å². The van der Waals surface area contributed by atoms with Gasteiger partial charge < -0.3 is 24.4 Å². The van der Waals surface area contributed by atoms with E-state index in [2.05, 4.69) is 5.32 Å². The SMILES string of the molecule is COC(=O)[C@@H]1CC[C@H]2[C@H](OC(C)C)CC[C@H](NC(=O)OC(C)(C)C)C(=O)N12. The zero-order valence-electron chi connectivity index (χ0n) is 17.1. The number of hydrogen-bond donors (Lipinski definition) is 1. The number of hydrogen-bond acceptors (Lipinski definition) is 6. The second-order valence-corrected chi connectivity index (χ2v) is 8.43. The predicted molar refractivity (Wildman–Crippen MR) is 98.1 cm³/mol. The molecule has 2 saturated heterocycles. The van der Waals surface area contributed by atoms with Crippen molar-refractivity contribution in [1.82, 2.24) is 10.2 Å². The van der Waals surface area contributed by atoms with Gasteiger partial charge in [-0.05, 0) is 60.3 Å². The zero-order valence-corrected chi connectivity index (χ0v) is 17.1. The fourth-order valence-electron chi connectivity index (χ4n) is 3.81. The molecule has 2 rings (SSSR count). The van der Waals surface area contributed by atoms with Crippen LogP contribution in [-0.4, -0.2) is 65.9 Å². The molecule has 27 heavy (non-hydrogen) atoms. The van der Waals surface area contributed by atoms with Crippen LogP contribution in [0.25, 0.3) is 0 Å². The zero-order chi connectivity index (χ0) is 20.4. The van der Waals surface area contributed by atoms with Crippen LogP contribution in [0, 0.1) is 0 Å². The molecule has 0 unspecified atom stereocenters. The summed E-state index contributed by atoms with van der Waals surface area (Å²) in [5, 5.41) is 2.67. The Morgan fingerprint density at radius 1 is 1.15 bits per heavy atom. The number of carbonyl (C=O) groups excluding carboxylic acids is 3. The molecular formula is C19H32N2O6. The maximum Gasteiger partial charge on any atom is 0.408 e. The first-order valence-electron chi connectivity index (χ1n) is 9.58. The van der Waals surface area contributed by atoms with Crippen molar-refractivity contribution in [3.63, 3.8) is 0 Å². The van der Waals surface area contributed by atoms with Gasteiger partial charge in [-0.15, -0.1) is 0 Å². The van der Waals surface area contributed by atoms with Crippen LogP contribution in [-0.2, 0) is 23.8 Å². The minimum atomic E-state index is -0.756. The molecule has 1 N–H and O–H groups in total. The molecule has 4 atom stereocenters. The Bertz CT molecular complexity index is 571. The van der Waals surface area contributed by atoms with Crippen molar-refractivity contribution in [2.45, 2.75) is 96.2 Å². The molecule has 0 aromatic rings. The van der Waals surface area contributed by atoms with Crippen LogP contribution in [0.15, 0.2) is 0 Å². The fraction of sp³-hybridized carbons (Fsp3) is 0.842. The molecule has 0 spiro atoms. The van der Waals surface area contributed by atoms with E-state index >= 15 is 0 Å². The van der Waals surface area contributed by atoms with Gasteiger partial charge in [0, 0.05) is 0 Å². The standard InChI is InChI=1S/C19H32N2O6/c1-11(2)26-15-10-7-12(20-18(24)27-19(3,4)5)16(22)21-13(15)8-9-14(21)17(23)25-6/h11-15H,7-10H2,1-6H3,(H,20,24)/t12-,13-,14-,15+/m0/s1. The second kappa shape index (κ2) is 8.46. The lowest BCUT2D eigenvalue weighted by molar-refractivity contribution is -0.154. The average molecular weight is 384 g/mol. The van der Waals surface area contributed by atoms with E-state index in [1.807, 2.05) is 13.8 Å². The van der Waals surface area contributed by atoms with Crippen molar-refractivity contribution in [2.24, 2.45) is 0 Å². The molecule has 2 amide bonds. The number of nitrogens with zero attached hydrogens (tertiary/aromatic N) is 1. The van der Waals surface area contributed by atoms with Crippen LogP contribution in [0.3, 0.4) is 0 Å². The smallest absolute Gasteiger partial charge is 0.408 e. The van der Waals surface area contributed by atoms with Crippen molar-refractivity contribution in [2.75, 3.05) is 7.11 Å². The molecular weight excluding hydrogens is 352 g/mol. The molecule has 8 nitrogen and oxygen atoms in total. The molecule has 2 fully saturated rings. The van der Waals surface area contributed by atoms with Gasteiger partial charge in [0.15, 0.2) is 0 Å². The molecule has 0 radical (unpaired) electrons. The number of rotatable bonds is 4. The third-order valence-corrected chi connectivity index (χ3v) is 4.76. The molecule has 2 aliphatic heterocycles. The summed E-state index contributed by atoms with van der Waals surface area (Å²) in [5.41, 5.74) is -0.661. The molecule has 0 saturated carbocycles. The van der Waals surface area contributed by atoms with Gasteiger partial charge in [-0.25, -0.2) is 9.59 Å². The highest BCUT2D eigenvalue weighted by molar-refractivity contribution is 5.90. The van der Waals surface area contributed by atoms with Crippen LogP contribution in [0.4, 0.5) is 4.79 Å². The van der Waals surface area contributed by atoms with Gasteiger partial charge in [0.25, 0.3) is 0 Å². The number of esters is 1. The summed E-state index contributed by atoms with van der Waals surface area (Å²) in [6.45, 7) is 9.17. The van der Waals surface area contributed by atoms with Gasteiger partial charge in [-0.2, -0.15) is 0 Å². The Kier molecular flexibility index (Phi) is 6.72. The topological polar surface area (TPSA) is 94.2 Å². The van der Waals surface area contributed by atoms with Crippen molar-refractivity contribution in [1.29, 1.82) is 0 Å². The predicted octanol–water partition coefficient (Wildman–Crippen LogP) is 2.00. The monoisotopic (exact) mass is 384 g/mol. The van der Waals surface area contributed by atoms with Gasteiger partial charge in [0.05, 0.1) is 25.4 Å². The summed E-state index contributed by atoms with van der Waals surface area (Å²) in [7, 11) is 1.32. The first-order valence-corrected chi connectivity index (χ1v) is 9.58. The lowest BCUT2D eigenvalue weighted by Gasteiger charge is -2.33.